The lowest BCUT2D eigenvalue weighted by molar-refractivity contribution is -0.157. The average molecular weight is 281 g/mol. The van der Waals surface area contributed by atoms with Crippen molar-refractivity contribution in [1.29, 1.82) is 0 Å². The maximum Gasteiger partial charge on any atom is 0.313 e. The molecule has 0 aromatic heterocycles. The first-order chi connectivity index (χ1) is 9.36. The number of hydrogen-bond acceptors (Lipinski definition) is 5. The van der Waals surface area contributed by atoms with Crippen LogP contribution in [-0.2, 0) is 19.9 Å². The quantitative estimate of drug-likeness (QED) is 0.574. The van der Waals surface area contributed by atoms with Crippen LogP contribution in [0.15, 0.2) is 24.3 Å². The fourth-order valence-electron chi connectivity index (χ4n) is 1.91. The first-order valence-corrected chi connectivity index (χ1v) is 6.12. The largest absolute Gasteiger partial charge is 0.497 e. The van der Waals surface area contributed by atoms with Crippen molar-refractivity contribution in [3.8, 4) is 5.75 Å². The summed E-state index contributed by atoms with van der Waals surface area (Å²) in [6.07, 6.45) is 0. The summed E-state index contributed by atoms with van der Waals surface area (Å²) in [6, 6.07) is 6.72. The van der Waals surface area contributed by atoms with Gasteiger partial charge in [0, 0.05) is 0 Å². The first-order valence-electron chi connectivity index (χ1n) is 6.12. The normalized spacial score (nSPS) is 15.2. The van der Waals surface area contributed by atoms with Crippen molar-refractivity contribution < 1.29 is 24.2 Å². The van der Waals surface area contributed by atoms with Gasteiger partial charge in [-0.2, -0.15) is 0 Å². The highest BCUT2D eigenvalue weighted by molar-refractivity contribution is 6.02. The Labute approximate surface area is 117 Å². The summed E-state index contributed by atoms with van der Waals surface area (Å²) < 4.78 is 10.5. The number of benzene rings is 1. The number of hydrogen-bond donors (Lipinski definition) is 2. The minimum absolute atomic E-state index is 0.203. The molecule has 0 spiro atoms. The van der Waals surface area contributed by atoms with E-state index in [2.05, 4.69) is 0 Å². The Bertz CT molecular complexity index is 502. The maximum atomic E-state index is 12.4. The Morgan fingerprint density at radius 1 is 1.45 bits per heavy atom. The molecule has 2 unspecified atom stereocenters. The van der Waals surface area contributed by atoms with Gasteiger partial charge in [-0.25, -0.2) is 0 Å². The van der Waals surface area contributed by atoms with E-state index in [0.29, 0.717) is 11.3 Å². The standard InChI is InChI=1S/C14H19NO5/c1-9(13(17)18)12(16)14(2,20-8-15)10-5-4-6-11(7-10)19-3/h4-7,9H,8,15H2,1-3H3,(H,17,18). The van der Waals surface area contributed by atoms with Gasteiger partial charge in [-0.05, 0) is 31.5 Å². The molecule has 1 aromatic carbocycles. The van der Waals surface area contributed by atoms with E-state index in [1.54, 1.807) is 24.3 Å². The number of rotatable bonds is 7. The van der Waals surface area contributed by atoms with Gasteiger partial charge in [0.25, 0.3) is 0 Å². The predicted molar refractivity (Wildman–Crippen MR) is 72.3 cm³/mol. The van der Waals surface area contributed by atoms with Gasteiger partial charge in [0.05, 0.1) is 13.8 Å². The fraction of sp³-hybridized carbons (Fsp3) is 0.429. The Balaban J connectivity index is 3.25. The molecule has 20 heavy (non-hydrogen) atoms. The summed E-state index contributed by atoms with van der Waals surface area (Å²) in [5.41, 5.74) is 4.45. The van der Waals surface area contributed by atoms with E-state index in [4.69, 9.17) is 20.3 Å². The maximum absolute atomic E-state index is 12.4. The van der Waals surface area contributed by atoms with Crippen molar-refractivity contribution in [3.63, 3.8) is 0 Å². The van der Waals surface area contributed by atoms with Crippen molar-refractivity contribution in [3.05, 3.63) is 29.8 Å². The van der Waals surface area contributed by atoms with Crippen molar-refractivity contribution in [2.75, 3.05) is 13.8 Å². The number of methoxy groups -OCH3 is 1. The third kappa shape index (κ3) is 3.15. The Kier molecular flexibility index (Phi) is 5.24. The van der Waals surface area contributed by atoms with E-state index in [-0.39, 0.29) is 6.73 Å². The van der Waals surface area contributed by atoms with Crippen LogP contribution < -0.4 is 10.5 Å². The van der Waals surface area contributed by atoms with E-state index in [0.717, 1.165) is 0 Å². The van der Waals surface area contributed by atoms with Crippen LogP contribution in [0, 0.1) is 5.92 Å². The second-order valence-electron chi connectivity index (χ2n) is 4.50. The Hall–Kier alpha value is -1.92. The lowest BCUT2D eigenvalue weighted by Gasteiger charge is -2.30. The molecule has 6 heteroatoms. The number of ether oxygens (including phenoxy) is 2. The SMILES string of the molecule is COc1cccc(C(C)(OCN)C(=O)C(C)C(=O)O)c1. The minimum atomic E-state index is -1.43. The van der Waals surface area contributed by atoms with E-state index in [1.165, 1.54) is 21.0 Å². The first kappa shape index (κ1) is 16.1. The van der Waals surface area contributed by atoms with Crippen LogP contribution in [0.3, 0.4) is 0 Å². The lowest BCUT2D eigenvalue weighted by atomic mass is 9.85. The molecule has 110 valence electrons. The summed E-state index contributed by atoms with van der Waals surface area (Å²) in [4.78, 5) is 23.4. The smallest absolute Gasteiger partial charge is 0.313 e. The minimum Gasteiger partial charge on any atom is -0.497 e. The molecule has 0 fully saturated rings. The fourth-order valence-corrected chi connectivity index (χ4v) is 1.91. The number of carbonyl (C=O) groups is 2. The number of ketones is 1. The van der Waals surface area contributed by atoms with Gasteiger partial charge < -0.3 is 20.3 Å². The predicted octanol–water partition coefficient (Wildman–Crippen LogP) is 1.13. The van der Waals surface area contributed by atoms with Crippen molar-refractivity contribution >= 4 is 11.8 Å². The Morgan fingerprint density at radius 2 is 2.10 bits per heavy atom. The van der Waals surface area contributed by atoms with Crippen molar-refractivity contribution in [2.24, 2.45) is 11.7 Å². The van der Waals surface area contributed by atoms with Crippen LogP contribution in [-0.4, -0.2) is 30.7 Å². The molecule has 0 radical (unpaired) electrons. The molecule has 0 aliphatic heterocycles. The zero-order valence-electron chi connectivity index (χ0n) is 11.8. The van der Waals surface area contributed by atoms with Gasteiger partial charge >= 0.3 is 5.97 Å². The van der Waals surface area contributed by atoms with Gasteiger partial charge in [0.2, 0.25) is 0 Å². The molecule has 0 amide bonds. The monoisotopic (exact) mass is 281 g/mol. The van der Waals surface area contributed by atoms with Crippen molar-refractivity contribution in [1.82, 2.24) is 0 Å². The Morgan fingerprint density at radius 3 is 2.60 bits per heavy atom. The summed E-state index contributed by atoms with van der Waals surface area (Å²) in [5, 5.41) is 9.00. The number of aliphatic carboxylic acids is 1. The molecule has 3 N–H and O–H groups in total. The van der Waals surface area contributed by atoms with Crippen LogP contribution in [0.4, 0.5) is 0 Å². The molecule has 1 rings (SSSR count). The second kappa shape index (κ2) is 6.49. The van der Waals surface area contributed by atoms with Gasteiger partial charge in [-0.1, -0.05) is 12.1 Å². The number of nitrogens with two attached hydrogens (primary N) is 1. The average Bonchev–Trinajstić information content (AvgIpc) is 2.45. The van der Waals surface area contributed by atoms with E-state index < -0.39 is 23.3 Å². The van der Waals surface area contributed by atoms with Crippen LogP contribution in [0.2, 0.25) is 0 Å². The number of carbonyl (C=O) groups excluding carboxylic acids is 1. The highest BCUT2D eigenvalue weighted by Gasteiger charge is 2.41. The third-order valence-corrected chi connectivity index (χ3v) is 3.23. The lowest BCUT2D eigenvalue weighted by Crippen LogP contribution is -2.42. The summed E-state index contributed by atoms with van der Waals surface area (Å²) in [7, 11) is 1.50. The summed E-state index contributed by atoms with van der Waals surface area (Å²) >= 11 is 0. The molecule has 0 saturated heterocycles. The molecule has 0 bridgehead atoms. The molecule has 0 aliphatic rings. The molecule has 0 saturated carbocycles. The van der Waals surface area contributed by atoms with Gasteiger partial charge in [-0.3, -0.25) is 9.59 Å². The number of carboxylic acid groups (broad SMARTS) is 1. The molecular weight excluding hydrogens is 262 g/mol. The number of Topliss-reactive ketones (excluding diaryl/α,β-unsaturated/α-hetero) is 1. The topological polar surface area (TPSA) is 98.9 Å². The van der Waals surface area contributed by atoms with Crippen LogP contribution in [0.1, 0.15) is 19.4 Å². The summed E-state index contributed by atoms with van der Waals surface area (Å²) in [6.45, 7) is 2.63. The molecule has 2 atom stereocenters. The third-order valence-electron chi connectivity index (χ3n) is 3.23. The van der Waals surface area contributed by atoms with Gasteiger partial charge in [0.15, 0.2) is 11.4 Å². The molecule has 1 aromatic rings. The molecule has 6 nitrogen and oxygen atoms in total. The highest BCUT2D eigenvalue weighted by Crippen LogP contribution is 2.31. The summed E-state index contributed by atoms with van der Waals surface area (Å²) in [5.74, 6) is -2.42. The van der Waals surface area contributed by atoms with E-state index in [9.17, 15) is 9.59 Å². The van der Waals surface area contributed by atoms with Crippen LogP contribution in [0.5, 0.6) is 5.75 Å². The second-order valence-corrected chi connectivity index (χ2v) is 4.50. The van der Waals surface area contributed by atoms with Crippen molar-refractivity contribution in [2.45, 2.75) is 19.4 Å². The van der Waals surface area contributed by atoms with Crippen LogP contribution in [0.25, 0.3) is 0 Å². The van der Waals surface area contributed by atoms with E-state index >= 15 is 0 Å². The van der Waals surface area contributed by atoms with Gasteiger partial charge in [-0.15, -0.1) is 0 Å². The zero-order valence-corrected chi connectivity index (χ0v) is 11.8. The molecule has 0 heterocycles. The van der Waals surface area contributed by atoms with Gasteiger partial charge in [0.1, 0.15) is 11.7 Å². The molecular formula is C14H19NO5. The zero-order chi connectivity index (χ0) is 15.3. The van der Waals surface area contributed by atoms with Crippen LogP contribution >= 0.6 is 0 Å². The molecule has 0 aliphatic carbocycles. The number of carboxylic acids is 1. The highest BCUT2D eigenvalue weighted by atomic mass is 16.5. The van der Waals surface area contributed by atoms with E-state index in [1.807, 2.05) is 0 Å².